The van der Waals surface area contributed by atoms with Gasteiger partial charge in [0.25, 0.3) is 5.91 Å². The first-order valence-corrected chi connectivity index (χ1v) is 10.3. The number of fused-ring (bicyclic) bond motifs is 1. The number of halogens is 3. The monoisotopic (exact) mass is 455 g/mol. The van der Waals surface area contributed by atoms with E-state index in [1.165, 1.54) is 47.7 Å². The van der Waals surface area contributed by atoms with Crippen LogP contribution in [0.5, 0.6) is 5.75 Å². The van der Waals surface area contributed by atoms with Gasteiger partial charge in [0.15, 0.2) is 11.7 Å². The van der Waals surface area contributed by atoms with Crippen LogP contribution >= 0.6 is 23.7 Å². The maximum Gasteiger partial charge on any atom is 0.266 e. The lowest BCUT2D eigenvalue weighted by molar-refractivity contribution is -0.120. The molecular formula is C21H24ClF2N3O2S. The van der Waals surface area contributed by atoms with Crippen LogP contribution in [0.3, 0.4) is 0 Å². The number of hydrogen-bond donors (Lipinski definition) is 0. The number of amides is 1. The van der Waals surface area contributed by atoms with E-state index < -0.39 is 0 Å². The molecule has 1 amide bonds. The number of likely N-dealkylation sites (N-methyl/N-ethyl adjacent to an activating group) is 1. The topological polar surface area (TPSA) is 45.7 Å². The van der Waals surface area contributed by atoms with Crippen LogP contribution in [0.4, 0.5) is 13.9 Å². The zero-order valence-electron chi connectivity index (χ0n) is 16.8. The van der Waals surface area contributed by atoms with Gasteiger partial charge in [0, 0.05) is 13.1 Å². The first-order valence-electron chi connectivity index (χ1n) is 9.47. The van der Waals surface area contributed by atoms with E-state index in [2.05, 4.69) is 23.7 Å². The molecule has 0 atom stereocenters. The van der Waals surface area contributed by atoms with Crippen molar-refractivity contribution in [3.05, 3.63) is 54.1 Å². The molecule has 0 radical (unpaired) electrons. The van der Waals surface area contributed by atoms with E-state index in [-0.39, 0.29) is 36.6 Å². The third-order valence-electron chi connectivity index (χ3n) is 4.58. The van der Waals surface area contributed by atoms with Gasteiger partial charge in [0.05, 0.1) is 10.2 Å². The number of thiazole rings is 1. The summed E-state index contributed by atoms with van der Waals surface area (Å²) in [6.45, 7) is 6.79. The largest absolute Gasteiger partial charge is 0.484 e. The van der Waals surface area contributed by atoms with Crippen molar-refractivity contribution in [2.75, 3.05) is 37.7 Å². The molecule has 0 N–H and O–H groups in total. The highest BCUT2D eigenvalue weighted by atomic mass is 35.5. The molecule has 0 unspecified atom stereocenters. The van der Waals surface area contributed by atoms with Gasteiger partial charge in [-0.3, -0.25) is 9.69 Å². The molecule has 30 heavy (non-hydrogen) atoms. The summed E-state index contributed by atoms with van der Waals surface area (Å²) in [5.74, 6) is -0.560. The number of carbonyl (C=O) groups is 1. The molecule has 0 saturated heterocycles. The highest BCUT2D eigenvalue weighted by molar-refractivity contribution is 7.22. The molecule has 2 aromatic carbocycles. The molecule has 3 aromatic rings. The number of hydrogen-bond acceptors (Lipinski definition) is 5. The van der Waals surface area contributed by atoms with Crippen LogP contribution in [-0.4, -0.2) is 48.6 Å². The van der Waals surface area contributed by atoms with E-state index in [0.29, 0.717) is 34.2 Å². The molecule has 5 nitrogen and oxygen atoms in total. The van der Waals surface area contributed by atoms with Gasteiger partial charge < -0.3 is 9.64 Å². The molecule has 1 heterocycles. The number of benzene rings is 2. The van der Waals surface area contributed by atoms with Crippen LogP contribution in [0.15, 0.2) is 42.5 Å². The predicted octanol–water partition coefficient (Wildman–Crippen LogP) is 4.75. The third kappa shape index (κ3) is 6.10. The second-order valence-corrected chi connectivity index (χ2v) is 7.43. The van der Waals surface area contributed by atoms with E-state index >= 15 is 0 Å². The van der Waals surface area contributed by atoms with Gasteiger partial charge in [-0.1, -0.05) is 25.2 Å². The van der Waals surface area contributed by atoms with Crippen molar-refractivity contribution in [1.29, 1.82) is 0 Å². The van der Waals surface area contributed by atoms with E-state index in [4.69, 9.17) is 4.74 Å². The number of nitrogens with zero attached hydrogens (tertiary/aromatic N) is 3. The lowest BCUT2D eigenvalue weighted by Gasteiger charge is -2.24. The maximum atomic E-state index is 13.5. The summed E-state index contributed by atoms with van der Waals surface area (Å²) in [5, 5.41) is 0.505. The highest BCUT2D eigenvalue weighted by Gasteiger charge is 2.21. The molecule has 0 aliphatic heterocycles. The molecule has 0 fully saturated rings. The Kier molecular flexibility index (Phi) is 8.95. The maximum absolute atomic E-state index is 13.5. The average Bonchev–Trinajstić information content (AvgIpc) is 3.13. The fraction of sp³-hybridized carbons (Fsp3) is 0.333. The lowest BCUT2D eigenvalue weighted by Crippen LogP contribution is -2.41. The summed E-state index contributed by atoms with van der Waals surface area (Å²) in [6.07, 6.45) is 0. The lowest BCUT2D eigenvalue weighted by atomic mass is 10.3. The molecule has 0 aliphatic carbocycles. The number of ether oxygens (including phenoxy) is 1. The Labute approximate surface area is 184 Å². The summed E-state index contributed by atoms with van der Waals surface area (Å²) in [4.78, 5) is 21.2. The molecule has 162 valence electrons. The number of aromatic nitrogens is 1. The highest BCUT2D eigenvalue weighted by Crippen LogP contribution is 2.29. The molecular weight excluding hydrogens is 432 g/mol. The molecule has 0 saturated carbocycles. The smallest absolute Gasteiger partial charge is 0.266 e. The van der Waals surface area contributed by atoms with Crippen LogP contribution in [0.25, 0.3) is 10.2 Å². The van der Waals surface area contributed by atoms with Crippen LogP contribution in [-0.2, 0) is 4.79 Å². The summed E-state index contributed by atoms with van der Waals surface area (Å²) in [6, 6.07) is 9.88. The Morgan fingerprint density at radius 1 is 1.03 bits per heavy atom. The van der Waals surface area contributed by atoms with Gasteiger partial charge in [-0.05, 0) is 55.6 Å². The Morgan fingerprint density at radius 3 is 2.37 bits per heavy atom. The second kappa shape index (κ2) is 11.2. The minimum absolute atomic E-state index is 0. The Bertz CT molecular complexity index is 965. The quantitative estimate of drug-likeness (QED) is 0.467. The normalized spacial score (nSPS) is 10.8. The van der Waals surface area contributed by atoms with Crippen molar-refractivity contribution in [2.45, 2.75) is 13.8 Å². The first-order chi connectivity index (χ1) is 14.0. The Morgan fingerprint density at radius 2 is 1.70 bits per heavy atom. The SMILES string of the molecule is CCN(CC)CCN(C(=O)COc1ccc(F)cc1)c1nc2ccc(F)cc2s1.Cl. The van der Waals surface area contributed by atoms with Crippen molar-refractivity contribution < 1.29 is 18.3 Å². The molecule has 0 bridgehead atoms. The minimum atomic E-state index is -0.369. The van der Waals surface area contributed by atoms with E-state index in [1.807, 2.05) is 0 Å². The van der Waals surface area contributed by atoms with Crippen molar-refractivity contribution >= 4 is 45.0 Å². The molecule has 1 aromatic heterocycles. The number of rotatable bonds is 9. The van der Waals surface area contributed by atoms with Gasteiger partial charge in [0.2, 0.25) is 0 Å². The van der Waals surface area contributed by atoms with Crippen molar-refractivity contribution in [2.24, 2.45) is 0 Å². The van der Waals surface area contributed by atoms with Gasteiger partial charge in [-0.2, -0.15) is 0 Å². The van der Waals surface area contributed by atoms with Crippen LogP contribution in [0, 0.1) is 11.6 Å². The zero-order chi connectivity index (χ0) is 20.8. The fourth-order valence-electron chi connectivity index (χ4n) is 2.86. The third-order valence-corrected chi connectivity index (χ3v) is 5.62. The first kappa shape index (κ1) is 24.0. The average molecular weight is 456 g/mol. The summed E-state index contributed by atoms with van der Waals surface area (Å²) in [7, 11) is 0. The van der Waals surface area contributed by atoms with Crippen molar-refractivity contribution in [3.8, 4) is 5.75 Å². The molecule has 9 heteroatoms. The van der Waals surface area contributed by atoms with Gasteiger partial charge in [0.1, 0.15) is 17.4 Å². The molecule has 3 rings (SSSR count). The summed E-state index contributed by atoms with van der Waals surface area (Å²) < 4.78 is 32.8. The number of anilines is 1. The van der Waals surface area contributed by atoms with Gasteiger partial charge >= 0.3 is 0 Å². The van der Waals surface area contributed by atoms with Crippen LogP contribution in [0.2, 0.25) is 0 Å². The zero-order valence-corrected chi connectivity index (χ0v) is 18.4. The van der Waals surface area contributed by atoms with E-state index in [1.54, 1.807) is 11.0 Å². The Balaban J connectivity index is 0.00000320. The predicted molar refractivity (Wildman–Crippen MR) is 119 cm³/mol. The van der Waals surface area contributed by atoms with Crippen molar-refractivity contribution in [3.63, 3.8) is 0 Å². The van der Waals surface area contributed by atoms with Gasteiger partial charge in [-0.25, -0.2) is 13.8 Å². The standard InChI is InChI=1S/C21H23F2N3O2S.ClH/c1-3-25(4-2)11-12-26(20(27)14-28-17-8-5-15(22)6-9-17)21-24-18-10-7-16(23)13-19(18)29-21;/h5-10,13H,3-4,11-12,14H2,1-2H3;1H. The van der Waals surface area contributed by atoms with Gasteiger partial charge in [-0.15, -0.1) is 12.4 Å². The number of carbonyl (C=O) groups excluding carboxylic acids is 1. The van der Waals surface area contributed by atoms with Crippen molar-refractivity contribution in [1.82, 2.24) is 9.88 Å². The summed E-state index contributed by atoms with van der Waals surface area (Å²) in [5.41, 5.74) is 0.645. The minimum Gasteiger partial charge on any atom is -0.484 e. The van der Waals surface area contributed by atoms with Crippen LogP contribution < -0.4 is 9.64 Å². The Hall–Kier alpha value is -2.29. The van der Waals surface area contributed by atoms with Crippen LogP contribution in [0.1, 0.15) is 13.8 Å². The summed E-state index contributed by atoms with van der Waals surface area (Å²) >= 11 is 1.27. The van der Waals surface area contributed by atoms with E-state index in [9.17, 15) is 13.6 Å². The molecule has 0 aliphatic rings. The fourth-order valence-corrected chi connectivity index (χ4v) is 3.90. The van der Waals surface area contributed by atoms with E-state index in [0.717, 1.165) is 13.1 Å². The molecule has 0 spiro atoms. The second-order valence-electron chi connectivity index (χ2n) is 6.42.